The van der Waals surface area contributed by atoms with Crippen LogP contribution in [0.3, 0.4) is 0 Å². The summed E-state index contributed by atoms with van der Waals surface area (Å²) < 4.78 is 28.2. The maximum Gasteiger partial charge on any atom is 0.285 e. The first-order chi connectivity index (χ1) is 9.99. The maximum atomic E-state index is 14.1. The van der Waals surface area contributed by atoms with E-state index in [0.29, 0.717) is 13.1 Å². The number of rotatable bonds is 5. The van der Waals surface area contributed by atoms with Gasteiger partial charge < -0.3 is 10.2 Å². The quantitative estimate of drug-likeness (QED) is 0.885. The molecule has 0 saturated carbocycles. The molecule has 0 radical (unpaired) electrons. The Morgan fingerprint density at radius 1 is 1.29 bits per heavy atom. The fourth-order valence-electron chi connectivity index (χ4n) is 2.41. The van der Waals surface area contributed by atoms with Crippen LogP contribution in [0.15, 0.2) is 30.3 Å². The summed E-state index contributed by atoms with van der Waals surface area (Å²) in [6, 6.07) is 7.71. The molecule has 1 heterocycles. The Morgan fingerprint density at radius 3 is 2.52 bits per heavy atom. The van der Waals surface area contributed by atoms with E-state index in [1.54, 1.807) is 30.1 Å². The van der Waals surface area contributed by atoms with Gasteiger partial charge in [-0.2, -0.15) is 8.78 Å². The van der Waals surface area contributed by atoms with Gasteiger partial charge in [0.05, 0.1) is 13.1 Å². The average Bonchev–Trinajstić information content (AvgIpc) is 2.48. The van der Waals surface area contributed by atoms with Crippen LogP contribution in [0.2, 0.25) is 0 Å². The second-order valence-electron chi connectivity index (χ2n) is 5.37. The van der Waals surface area contributed by atoms with Gasteiger partial charge in [0, 0.05) is 31.7 Å². The first kappa shape index (κ1) is 15.9. The van der Waals surface area contributed by atoms with Crippen molar-refractivity contribution >= 4 is 5.91 Å². The van der Waals surface area contributed by atoms with Crippen molar-refractivity contribution in [1.82, 2.24) is 15.1 Å². The number of carbonyl (C=O) groups is 1. The zero-order valence-corrected chi connectivity index (χ0v) is 12.2. The van der Waals surface area contributed by atoms with E-state index in [4.69, 9.17) is 0 Å². The molecular weight excluding hydrogens is 276 g/mol. The van der Waals surface area contributed by atoms with Crippen LogP contribution in [-0.2, 0) is 10.7 Å². The smallest absolute Gasteiger partial charge is 0.285 e. The van der Waals surface area contributed by atoms with E-state index < -0.39 is 12.5 Å². The molecule has 0 aliphatic carbocycles. The van der Waals surface area contributed by atoms with E-state index in [-0.39, 0.29) is 18.0 Å². The van der Waals surface area contributed by atoms with Crippen LogP contribution in [0.4, 0.5) is 8.78 Å². The summed E-state index contributed by atoms with van der Waals surface area (Å²) in [6.45, 7) is 2.35. The highest BCUT2D eigenvalue weighted by Gasteiger charge is 2.33. The molecule has 1 amide bonds. The molecule has 0 bridgehead atoms. The van der Waals surface area contributed by atoms with Crippen molar-refractivity contribution in [3.63, 3.8) is 0 Å². The summed E-state index contributed by atoms with van der Waals surface area (Å²) in [7, 11) is 1.55. The summed E-state index contributed by atoms with van der Waals surface area (Å²) in [5.74, 6) is -3.05. The van der Waals surface area contributed by atoms with Gasteiger partial charge in [0.1, 0.15) is 0 Å². The van der Waals surface area contributed by atoms with Crippen LogP contribution in [0.1, 0.15) is 5.56 Å². The Hall–Kier alpha value is -1.53. The molecule has 1 aromatic carbocycles. The lowest BCUT2D eigenvalue weighted by molar-refractivity contribution is -0.133. The predicted octanol–water partition coefficient (Wildman–Crippen LogP) is 1.14. The third-order valence-corrected chi connectivity index (χ3v) is 3.54. The molecular formula is C15H21F2N3O. The van der Waals surface area contributed by atoms with Crippen molar-refractivity contribution in [3.05, 3.63) is 35.9 Å². The van der Waals surface area contributed by atoms with Gasteiger partial charge in [-0.25, -0.2) is 0 Å². The molecule has 0 aromatic heterocycles. The van der Waals surface area contributed by atoms with Gasteiger partial charge in [-0.1, -0.05) is 30.3 Å². The van der Waals surface area contributed by atoms with E-state index >= 15 is 0 Å². The van der Waals surface area contributed by atoms with Gasteiger partial charge in [0.15, 0.2) is 0 Å². The number of hydrogen-bond acceptors (Lipinski definition) is 3. The van der Waals surface area contributed by atoms with Crippen LogP contribution >= 0.6 is 0 Å². The second kappa shape index (κ2) is 6.95. The molecule has 1 fully saturated rings. The molecule has 1 aliphatic heterocycles. The zero-order chi connectivity index (χ0) is 15.3. The number of nitrogens with one attached hydrogen (secondary N) is 1. The van der Waals surface area contributed by atoms with Crippen molar-refractivity contribution in [2.75, 3.05) is 46.3 Å². The fourth-order valence-corrected chi connectivity index (χ4v) is 2.41. The highest BCUT2D eigenvalue weighted by atomic mass is 19.3. The third-order valence-electron chi connectivity index (χ3n) is 3.54. The number of carbonyl (C=O) groups excluding carboxylic acids is 1. The van der Waals surface area contributed by atoms with E-state index in [0.717, 1.165) is 13.1 Å². The minimum Gasteiger partial charge on any atom is -0.339 e. The van der Waals surface area contributed by atoms with Crippen molar-refractivity contribution in [2.45, 2.75) is 5.92 Å². The van der Waals surface area contributed by atoms with Crippen molar-refractivity contribution in [3.8, 4) is 0 Å². The lowest BCUT2D eigenvalue weighted by atomic mass is 10.1. The summed E-state index contributed by atoms with van der Waals surface area (Å²) in [5.41, 5.74) is -0.0218. The number of likely N-dealkylation sites (N-methyl/N-ethyl adjacent to an activating group) is 1. The summed E-state index contributed by atoms with van der Waals surface area (Å²) >= 11 is 0. The summed E-state index contributed by atoms with van der Waals surface area (Å²) in [4.78, 5) is 15.1. The predicted molar refractivity (Wildman–Crippen MR) is 77.3 cm³/mol. The lowest BCUT2D eigenvalue weighted by Crippen LogP contribution is -2.50. The Bertz CT molecular complexity index is 461. The van der Waals surface area contributed by atoms with E-state index in [1.807, 2.05) is 0 Å². The fraction of sp³-hybridized carbons (Fsp3) is 0.533. The van der Waals surface area contributed by atoms with E-state index in [1.165, 1.54) is 17.0 Å². The van der Waals surface area contributed by atoms with Gasteiger partial charge in [-0.3, -0.25) is 9.69 Å². The number of amides is 1. The van der Waals surface area contributed by atoms with Gasteiger partial charge in [-0.15, -0.1) is 0 Å². The van der Waals surface area contributed by atoms with Gasteiger partial charge >= 0.3 is 0 Å². The number of hydrogen-bond donors (Lipinski definition) is 1. The van der Waals surface area contributed by atoms with Crippen molar-refractivity contribution in [1.29, 1.82) is 0 Å². The number of halogens is 2. The molecule has 0 unspecified atom stereocenters. The van der Waals surface area contributed by atoms with Gasteiger partial charge in [0.25, 0.3) is 5.92 Å². The molecule has 2 rings (SSSR count). The normalized spacial score (nSPS) is 16.3. The molecule has 1 aromatic rings. The van der Waals surface area contributed by atoms with Gasteiger partial charge in [0.2, 0.25) is 5.91 Å². The van der Waals surface area contributed by atoms with Crippen LogP contribution in [-0.4, -0.2) is 62.0 Å². The minimum atomic E-state index is -2.96. The molecule has 21 heavy (non-hydrogen) atoms. The standard InChI is InChI=1S/C15H21F2N3O/c1-19(11-14(21)20-9-7-18-8-10-20)12-15(16,17)13-5-3-2-4-6-13/h2-6,18H,7-12H2,1H3. The first-order valence-corrected chi connectivity index (χ1v) is 7.09. The molecule has 1 saturated heterocycles. The number of nitrogens with zero attached hydrogens (tertiary/aromatic N) is 2. The van der Waals surface area contributed by atoms with Crippen molar-refractivity contribution < 1.29 is 13.6 Å². The largest absolute Gasteiger partial charge is 0.339 e. The van der Waals surface area contributed by atoms with Crippen molar-refractivity contribution in [2.24, 2.45) is 0 Å². The van der Waals surface area contributed by atoms with Crippen LogP contribution in [0, 0.1) is 0 Å². The van der Waals surface area contributed by atoms with Crippen LogP contribution < -0.4 is 5.32 Å². The minimum absolute atomic E-state index is 0.0163. The SMILES string of the molecule is CN(CC(=O)N1CCNCC1)CC(F)(F)c1ccccc1. The highest BCUT2D eigenvalue weighted by molar-refractivity contribution is 5.78. The first-order valence-electron chi connectivity index (χ1n) is 7.09. The average molecular weight is 297 g/mol. The monoisotopic (exact) mass is 297 g/mol. The summed E-state index contributed by atoms with van der Waals surface area (Å²) in [6.07, 6.45) is 0. The topological polar surface area (TPSA) is 35.6 Å². The van der Waals surface area contributed by atoms with E-state index in [9.17, 15) is 13.6 Å². The summed E-state index contributed by atoms with van der Waals surface area (Å²) in [5, 5.41) is 3.16. The molecule has 6 heteroatoms. The highest BCUT2D eigenvalue weighted by Crippen LogP contribution is 2.28. The number of alkyl halides is 2. The maximum absolute atomic E-state index is 14.1. The van der Waals surface area contributed by atoms with Crippen LogP contribution in [0.25, 0.3) is 0 Å². The zero-order valence-electron chi connectivity index (χ0n) is 12.2. The Balaban J connectivity index is 1.88. The molecule has 1 N–H and O–H groups in total. The van der Waals surface area contributed by atoms with Gasteiger partial charge in [-0.05, 0) is 7.05 Å². The molecule has 1 aliphatic rings. The Morgan fingerprint density at radius 2 is 1.90 bits per heavy atom. The molecule has 4 nitrogen and oxygen atoms in total. The molecule has 116 valence electrons. The van der Waals surface area contributed by atoms with E-state index in [2.05, 4.69) is 5.32 Å². The number of piperazine rings is 1. The van der Waals surface area contributed by atoms with Crippen LogP contribution in [0.5, 0.6) is 0 Å². The lowest BCUT2D eigenvalue weighted by Gasteiger charge is -2.30. The molecule has 0 spiro atoms. The second-order valence-corrected chi connectivity index (χ2v) is 5.37. The molecule has 0 atom stereocenters. The Kier molecular flexibility index (Phi) is 5.25. The third kappa shape index (κ3) is 4.47. The number of benzene rings is 1. The Labute approximate surface area is 123 Å².